The Balaban J connectivity index is 2.54. The Bertz CT molecular complexity index is 1320. The number of carbonyl (C=O) groups excluding carboxylic acids is 1. The first-order chi connectivity index (χ1) is 15.5. The van der Waals surface area contributed by atoms with E-state index in [1.165, 1.54) is 51.3 Å². The number of carboxylic acids is 2. The molecule has 1 aliphatic rings. The van der Waals surface area contributed by atoms with Gasteiger partial charge in [-0.1, -0.05) is 23.2 Å². The van der Waals surface area contributed by atoms with Crippen molar-refractivity contribution in [3.8, 4) is 11.5 Å². The minimum absolute atomic E-state index is 0.100. The number of carboxylic acid groups (broad SMARTS) is 2. The summed E-state index contributed by atoms with van der Waals surface area (Å²) in [5.41, 5.74) is 0.644. The largest absolute Gasteiger partial charge is 0.507 e. The average Bonchev–Trinajstić information content (AvgIpc) is 2.74. The molecule has 0 aromatic heterocycles. The molecule has 7 nitrogen and oxygen atoms in total. The molecule has 0 radical (unpaired) electrons. The smallest absolute Gasteiger partial charge is 0.339 e. The number of carbonyl (C=O) groups is 3. The van der Waals surface area contributed by atoms with Crippen LogP contribution >= 0.6 is 23.2 Å². The Kier molecular flexibility index (Phi) is 6.67. The van der Waals surface area contributed by atoms with E-state index in [0.29, 0.717) is 0 Å². The van der Waals surface area contributed by atoms with Gasteiger partial charge in [-0.3, -0.25) is 4.79 Å². The molecule has 0 heterocycles. The Hall–Kier alpha value is -3.55. The minimum Gasteiger partial charge on any atom is -0.507 e. The van der Waals surface area contributed by atoms with Crippen molar-refractivity contribution < 1.29 is 34.4 Å². The van der Waals surface area contributed by atoms with Gasteiger partial charge in [-0.15, -0.1) is 0 Å². The first kappa shape index (κ1) is 24.1. The van der Waals surface area contributed by atoms with Crippen molar-refractivity contribution in [1.82, 2.24) is 0 Å². The van der Waals surface area contributed by atoms with Gasteiger partial charge in [0.15, 0.2) is 5.78 Å². The highest BCUT2D eigenvalue weighted by atomic mass is 35.5. The summed E-state index contributed by atoms with van der Waals surface area (Å²) in [7, 11) is 1.41. The van der Waals surface area contributed by atoms with Crippen molar-refractivity contribution in [3.63, 3.8) is 0 Å². The summed E-state index contributed by atoms with van der Waals surface area (Å²) in [5.74, 6) is -3.57. The predicted octanol–water partition coefficient (Wildman–Crippen LogP) is 5.06. The molecule has 2 aromatic rings. The van der Waals surface area contributed by atoms with Crippen LogP contribution in [0.2, 0.25) is 10.0 Å². The number of aromatic carboxylic acids is 1. The monoisotopic (exact) mass is 488 g/mol. The van der Waals surface area contributed by atoms with E-state index in [-0.39, 0.29) is 54.8 Å². The number of benzene rings is 2. The van der Waals surface area contributed by atoms with Crippen LogP contribution < -0.4 is 4.74 Å². The summed E-state index contributed by atoms with van der Waals surface area (Å²) >= 11 is 13.1. The summed E-state index contributed by atoms with van der Waals surface area (Å²) < 4.78 is 5.29. The summed E-state index contributed by atoms with van der Waals surface area (Å²) in [6.07, 6.45) is 2.65. The molecule has 2 aromatic carbocycles. The Morgan fingerprint density at radius 3 is 2.24 bits per heavy atom. The number of hydrogen-bond acceptors (Lipinski definition) is 5. The van der Waals surface area contributed by atoms with Crippen LogP contribution in [0.25, 0.3) is 5.57 Å². The summed E-state index contributed by atoms with van der Waals surface area (Å²) in [6, 6.07) is 5.82. The number of halogens is 2. The maximum absolute atomic E-state index is 12.4. The number of ether oxygens (including phenoxy) is 1. The Morgan fingerprint density at radius 1 is 1.00 bits per heavy atom. The molecule has 0 saturated carbocycles. The number of hydrogen-bond donors (Lipinski definition) is 3. The second-order valence-corrected chi connectivity index (χ2v) is 8.07. The molecule has 0 unspecified atom stereocenters. The second-order valence-electron chi connectivity index (χ2n) is 7.28. The summed E-state index contributed by atoms with van der Waals surface area (Å²) in [4.78, 5) is 35.8. The van der Waals surface area contributed by atoms with Crippen molar-refractivity contribution in [2.45, 2.75) is 13.8 Å². The van der Waals surface area contributed by atoms with Crippen LogP contribution in [0.3, 0.4) is 0 Å². The number of aromatic hydroxyl groups is 1. The standard InChI is InChI=1S/C24H18Cl2O7/c1-10-6-12(8-14(21(10)27)23(29)30)18(19-16(25)4-5-17(33-3)20(19)26)13-7-11(2)22(28)15(9-13)24(31)32/h4-9,27H,1-3H3,(H,29,30)(H,31,32)/b18-13+. The SMILES string of the molecule is COc1ccc(Cl)c(/C(=C2\C=C(C)C(=O)C(C(=O)O)=C2)c2cc(C)c(O)c(C(=O)O)c2)c1Cl. The van der Waals surface area contributed by atoms with Gasteiger partial charge in [0.05, 0.1) is 17.2 Å². The van der Waals surface area contributed by atoms with Crippen LogP contribution in [0.15, 0.2) is 53.1 Å². The predicted molar refractivity (Wildman–Crippen MR) is 123 cm³/mol. The molecule has 0 amide bonds. The van der Waals surface area contributed by atoms with Crippen molar-refractivity contribution >= 4 is 46.5 Å². The lowest BCUT2D eigenvalue weighted by Gasteiger charge is -2.20. The third kappa shape index (κ3) is 4.37. The van der Waals surface area contributed by atoms with Gasteiger partial charge in [-0.2, -0.15) is 0 Å². The van der Waals surface area contributed by atoms with Crippen LogP contribution in [0.1, 0.15) is 34.0 Å². The molecule has 0 fully saturated rings. The maximum atomic E-state index is 12.4. The maximum Gasteiger partial charge on any atom is 0.339 e. The number of aliphatic carboxylic acids is 1. The van der Waals surface area contributed by atoms with Gasteiger partial charge >= 0.3 is 11.9 Å². The zero-order valence-corrected chi connectivity index (χ0v) is 19.2. The lowest BCUT2D eigenvalue weighted by molar-refractivity contribution is -0.134. The van der Waals surface area contributed by atoms with Crippen molar-refractivity contribution in [2.24, 2.45) is 0 Å². The van der Waals surface area contributed by atoms with Gasteiger partial charge in [0.2, 0.25) is 0 Å². The molecule has 3 N–H and O–H groups in total. The molecular formula is C24H18Cl2O7. The molecule has 1 aliphatic carbocycles. The van der Waals surface area contributed by atoms with Crippen LogP contribution in [0.5, 0.6) is 11.5 Å². The molecule has 0 atom stereocenters. The lowest BCUT2D eigenvalue weighted by atomic mass is 9.85. The van der Waals surface area contributed by atoms with Gasteiger partial charge < -0.3 is 20.1 Å². The Morgan fingerprint density at radius 2 is 1.67 bits per heavy atom. The number of Topliss-reactive ketones (excluding diaryl/α,β-unsaturated/α-hetero) is 1. The van der Waals surface area contributed by atoms with E-state index in [4.69, 9.17) is 27.9 Å². The Labute approximate surface area is 198 Å². The number of methoxy groups -OCH3 is 1. The first-order valence-electron chi connectivity index (χ1n) is 9.49. The highest BCUT2D eigenvalue weighted by Gasteiger charge is 2.27. The summed E-state index contributed by atoms with van der Waals surface area (Å²) in [6.45, 7) is 2.99. The molecule has 0 saturated heterocycles. The number of allylic oxidation sites excluding steroid dienone is 4. The molecular weight excluding hydrogens is 471 g/mol. The van der Waals surface area contributed by atoms with E-state index < -0.39 is 29.0 Å². The molecule has 0 bridgehead atoms. The van der Waals surface area contributed by atoms with E-state index in [2.05, 4.69) is 0 Å². The van der Waals surface area contributed by atoms with Crippen LogP contribution in [-0.4, -0.2) is 40.2 Å². The van der Waals surface area contributed by atoms with Crippen LogP contribution in [-0.2, 0) is 9.59 Å². The highest BCUT2D eigenvalue weighted by Crippen LogP contribution is 2.44. The number of phenols is 1. The first-order valence-corrected chi connectivity index (χ1v) is 10.2. The molecule has 9 heteroatoms. The third-order valence-corrected chi connectivity index (χ3v) is 5.83. The van der Waals surface area contributed by atoms with Gasteiger partial charge in [0.1, 0.15) is 22.6 Å². The molecule has 3 rings (SSSR count). The molecule has 170 valence electrons. The van der Waals surface area contributed by atoms with Gasteiger partial charge in [0.25, 0.3) is 0 Å². The van der Waals surface area contributed by atoms with Crippen molar-refractivity contribution in [2.75, 3.05) is 7.11 Å². The average molecular weight is 489 g/mol. The second kappa shape index (κ2) is 9.13. The number of ketones is 1. The molecule has 0 spiro atoms. The summed E-state index contributed by atoms with van der Waals surface area (Å²) in [5, 5.41) is 29.6. The van der Waals surface area contributed by atoms with E-state index >= 15 is 0 Å². The molecule has 33 heavy (non-hydrogen) atoms. The van der Waals surface area contributed by atoms with Gasteiger partial charge in [-0.25, -0.2) is 9.59 Å². The fraction of sp³-hybridized carbons (Fsp3) is 0.125. The van der Waals surface area contributed by atoms with Crippen molar-refractivity contribution in [3.05, 3.63) is 85.4 Å². The fourth-order valence-electron chi connectivity index (χ4n) is 3.54. The highest BCUT2D eigenvalue weighted by molar-refractivity contribution is 6.39. The van der Waals surface area contributed by atoms with Gasteiger partial charge in [-0.05, 0) is 78.1 Å². The third-order valence-electron chi connectivity index (χ3n) is 5.14. The van der Waals surface area contributed by atoms with E-state index in [1.54, 1.807) is 6.07 Å². The van der Waals surface area contributed by atoms with E-state index in [0.717, 1.165) is 0 Å². The zero-order valence-electron chi connectivity index (χ0n) is 17.7. The normalized spacial score (nSPS) is 15.0. The van der Waals surface area contributed by atoms with E-state index in [1.807, 2.05) is 0 Å². The topological polar surface area (TPSA) is 121 Å². The van der Waals surface area contributed by atoms with Crippen LogP contribution in [0.4, 0.5) is 0 Å². The van der Waals surface area contributed by atoms with Crippen LogP contribution in [0, 0.1) is 6.92 Å². The molecule has 0 aliphatic heterocycles. The number of rotatable bonds is 5. The van der Waals surface area contributed by atoms with Crippen molar-refractivity contribution in [1.29, 1.82) is 0 Å². The fourth-order valence-corrected chi connectivity index (χ4v) is 4.18. The lowest BCUT2D eigenvalue weighted by Crippen LogP contribution is -2.17. The number of aryl methyl sites for hydroxylation is 1. The zero-order chi connectivity index (χ0) is 24.6. The quantitative estimate of drug-likeness (QED) is 0.503. The minimum atomic E-state index is -1.42. The van der Waals surface area contributed by atoms with Gasteiger partial charge in [0, 0.05) is 5.56 Å². The van der Waals surface area contributed by atoms with E-state index in [9.17, 15) is 29.7 Å².